The van der Waals surface area contributed by atoms with Gasteiger partial charge in [0.05, 0.1) is 53.6 Å². The van der Waals surface area contributed by atoms with Gasteiger partial charge in [-0.05, 0) is 50.2 Å². The highest BCUT2D eigenvalue weighted by molar-refractivity contribution is 6.12. The average Bonchev–Trinajstić information content (AvgIpc) is 3.21. The van der Waals surface area contributed by atoms with Crippen molar-refractivity contribution in [3.8, 4) is 17.4 Å². The summed E-state index contributed by atoms with van der Waals surface area (Å²) >= 11 is 0. The van der Waals surface area contributed by atoms with Crippen molar-refractivity contribution < 1.29 is 33.3 Å². The van der Waals surface area contributed by atoms with Crippen molar-refractivity contribution in [3.63, 3.8) is 0 Å². The van der Waals surface area contributed by atoms with Gasteiger partial charge in [0, 0.05) is 12.5 Å². The molecule has 9 heteroatoms. The maximum Gasteiger partial charge on any atom is 0.515 e. The number of carbonyl (C=O) groups excluding carboxylic acids is 2. The molecule has 0 amide bonds. The van der Waals surface area contributed by atoms with Crippen molar-refractivity contribution in [2.45, 2.75) is 20.5 Å². The summed E-state index contributed by atoms with van der Waals surface area (Å²) in [4.78, 5) is 31.5. The quantitative estimate of drug-likeness (QED) is 0.347. The van der Waals surface area contributed by atoms with E-state index in [4.69, 9.17) is 23.7 Å². The van der Waals surface area contributed by atoms with Gasteiger partial charge >= 0.3 is 12.1 Å². The Hall–Kier alpha value is -4.11. The van der Waals surface area contributed by atoms with Gasteiger partial charge in [0.1, 0.15) is 11.5 Å². The van der Waals surface area contributed by atoms with E-state index in [1.165, 1.54) is 0 Å². The lowest BCUT2D eigenvalue weighted by Gasteiger charge is -2.12. The van der Waals surface area contributed by atoms with E-state index in [1.807, 2.05) is 18.2 Å². The van der Waals surface area contributed by atoms with Gasteiger partial charge in [-0.3, -0.25) is 0 Å². The van der Waals surface area contributed by atoms with Gasteiger partial charge in [0.2, 0.25) is 5.88 Å². The van der Waals surface area contributed by atoms with Crippen molar-refractivity contribution in [1.82, 2.24) is 9.97 Å². The van der Waals surface area contributed by atoms with E-state index in [0.29, 0.717) is 29.2 Å². The molecule has 176 valence electrons. The Bertz CT molecular complexity index is 1330. The summed E-state index contributed by atoms with van der Waals surface area (Å²) in [6.07, 6.45) is 0.741. The molecule has 2 aromatic carbocycles. The zero-order valence-corrected chi connectivity index (χ0v) is 19.0. The summed E-state index contributed by atoms with van der Waals surface area (Å²) in [6, 6.07) is 12.3. The number of aromatic nitrogens is 2. The highest BCUT2D eigenvalue weighted by Crippen LogP contribution is 2.39. The largest absolute Gasteiger partial charge is 0.515 e. The van der Waals surface area contributed by atoms with Crippen molar-refractivity contribution in [1.29, 1.82) is 0 Å². The lowest BCUT2D eigenvalue weighted by atomic mass is 10.1. The van der Waals surface area contributed by atoms with Crippen molar-refractivity contribution >= 4 is 33.9 Å². The van der Waals surface area contributed by atoms with E-state index in [2.05, 4.69) is 9.97 Å². The number of benzene rings is 2. The number of carbonyl (C=O) groups is 2. The van der Waals surface area contributed by atoms with E-state index >= 15 is 0 Å². The lowest BCUT2D eigenvalue weighted by molar-refractivity contribution is 0.0526. The number of nitrogens with one attached hydrogen (secondary N) is 1. The zero-order valence-electron chi connectivity index (χ0n) is 19.0. The van der Waals surface area contributed by atoms with Crippen molar-refractivity contribution in [3.05, 3.63) is 59.8 Å². The van der Waals surface area contributed by atoms with Crippen LogP contribution in [0.4, 0.5) is 4.79 Å². The molecule has 4 rings (SSSR count). The molecule has 0 saturated carbocycles. The average molecular weight is 464 g/mol. The predicted octanol–water partition coefficient (Wildman–Crippen LogP) is 5.37. The number of aromatic amines is 1. The third-order valence-electron chi connectivity index (χ3n) is 5.01. The standard InChI is InChI=1S/C25H24N2O7/c1-4-31-24(28)15-9-11-16(12-10-15)33-20-8-6-7-18-22(20)21-17(14-30-3)23(26-13-19(21)27-18)34-25(29)32-5-2/h6-13,27H,4-5,14H2,1-3H3. The predicted molar refractivity (Wildman–Crippen MR) is 124 cm³/mol. The molecule has 0 saturated heterocycles. The summed E-state index contributed by atoms with van der Waals surface area (Å²) < 4.78 is 26.8. The summed E-state index contributed by atoms with van der Waals surface area (Å²) in [5.74, 6) is 0.819. The lowest BCUT2D eigenvalue weighted by Crippen LogP contribution is -2.12. The molecule has 0 radical (unpaired) electrons. The molecule has 0 aliphatic carbocycles. The van der Waals surface area contributed by atoms with Crippen LogP contribution in [0.15, 0.2) is 48.7 Å². The second-order valence-corrected chi connectivity index (χ2v) is 7.20. The van der Waals surface area contributed by atoms with Crippen LogP contribution in [0.2, 0.25) is 0 Å². The minimum absolute atomic E-state index is 0.0993. The van der Waals surface area contributed by atoms with Crippen LogP contribution in [0.1, 0.15) is 29.8 Å². The number of ether oxygens (including phenoxy) is 5. The van der Waals surface area contributed by atoms with Gasteiger partial charge in [-0.25, -0.2) is 14.6 Å². The first-order valence-corrected chi connectivity index (χ1v) is 10.8. The summed E-state index contributed by atoms with van der Waals surface area (Å²) in [7, 11) is 1.55. The van der Waals surface area contributed by atoms with E-state index in [1.54, 1.807) is 51.4 Å². The number of methoxy groups -OCH3 is 1. The normalized spacial score (nSPS) is 10.9. The SMILES string of the molecule is CCOC(=O)Oc1ncc2[nH]c3cccc(Oc4ccc(C(=O)OCC)cc4)c3c2c1COC. The Kier molecular flexibility index (Phi) is 6.93. The Morgan fingerprint density at radius 2 is 1.71 bits per heavy atom. The molecule has 0 unspecified atom stereocenters. The monoisotopic (exact) mass is 464 g/mol. The maximum absolute atomic E-state index is 11.9. The minimum Gasteiger partial charge on any atom is -0.462 e. The first kappa shape index (κ1) is 23.1. The molecule has 2 heterocycles. The number of pyridine rings is 1. The molecule has 0 aliphatic heterocycles. The molecule has 4 aromatic rings. The third-order valence-corrected chi connectivity index (χ3v) is 5.01. The first-order chi connectivity index (χ1) is 16.5. The molecule has 2 aromatic heterocycles. The maximum atomic E-state index is 11.9. The number of hydrogen-bond donors (Lipinski definition) is 1. The van der Waals surface area contributed by atoms with E-state index < -0.39 is 12.1 Å². The van der Waals surface area contributed by atoms with Gasteiger partial charge in [-0.2, -0.15) is 0 Å². The smallest absolute Gasteiger partial charge is 0.462 e. The summed E-state index contributed by atoms with van der Waals surface area (Å²) in [6.45, 7) is 4.08. The molecule has 0 aliphatic rings. The zero-order chi connectivity index (χ0) is 24.1. The van der Waals surface area contributed by atoms with Gasteiger partial charge < -0.3 is 28.7 Å². The second-order valence-electron chi connectivity index (χ2n) is 7.20. The molecule has 1 N–H and O–H groups in total. The molecule has 34 heavy (non-hydrogen) atoms. The molecular formula is C25H24N2O7. The third kappa shape index (κ3) is 4.65. The summed E-state index contributed by atoms with van der Waals surface area (Å²) in [5, 5.41) is 1.53. The van der Waals surface area contributed by atoms with Crippen LogP contribution >= 0.6 is 0 Å². The second kappa shape index (κ2) is 10.2. The van der Waals surface area contributed by atoms with Gasteiger partial charge in [-0.1, -0.05) is 6.07 Å². The number of fused-ring (bicyclic) bond motifs is 3. The van der Waals surface area contributed by atoms with Crippen LogP contribution in [0, 0.1) is 0 Å². The molecule has 0 atom stereocenters. The topological polar surface area (TPSA) is 109 Å². The fourth-order valence-corrected chi connectivity index (χ4v) is 3.63. The number of nitrogens with zero attached hydrogens (tertiary/aromatic N) is 1. The number of H-pyrrole nitrogens is 1. The van der Waals surface area contributed by atoms with Crippen molar-refractivity contribution in [2.24, 2.45) is 0 Å². The number of esters is 1. The van der Waals surface area contributed by atoms with Crippen LogP contribution in [0.25, 0.3) is 21.8 Å². The van der Waals surface area contributed by atoms with Crippen LogP contribution in [0.3, 0.4) is 0 Å². The fourth-order valence-electron chi connectivity index (χ4n) is 3.63. The molecule has 0 bridgehead atoms. The highest BCUT2D eigenvalue weighted by Gasteiger charge is 2.20. The number of rotatable bonds is 8. The van der Waals surface area contributed by atoms with Gasteiger partial charge in [-0.15, -0.1) is 0 Å². The van der Waals surface area contributed by atoms with Crippen LogP contribution in [-0.2, 0) is 20.8 Å². The van der Waals surface area contributed by atoms with Gasteiger partial charge in [0.15, 0.2) is 0 Å². The van der Waals surface area contributed by atoms with Crippen LogP contribution in [0.5, 0.6) is 17.4 Å². The van der Waals surface area contributed by atoms with Crippen molar-refractivity contribution in [2.75, 3.05) is 20.3 Å². The summed E-state index contributed by atoms with van der Waals surface area (Å²) in [5.41, 5.74) is 2.55. The Morgan fingerprint density at radius 1 is 0.941 bits per heavy atom. The molecule has 9 nitrogen and oxygen atoms in total. The van der Waals surface area contributed by atoms with E-state index in [-0.39, 0.29) is 19.1 Å². The number of hydrogen-bond acceptors (Lipinski definition) is 8. The highest BCUT2D eigenvalue weighted by atomic mass is 16.7. The first-order valence-electron chi connectivity index (χ1n) is 10.8. The molecule has 0 spiro atoms. The molecule has 0 fully saturated rings. The Labute approximate surface area is 195 Å². The fraction of sp³-hybridized carbons (Fsp3) is 0.240. The van der Waals surface area contributed by atoms with Crippen LogP contribution < -0.4 is 9.47 Å². The Balaban J connectivity index is 1.78. The minimum atomic E-state index is -0.843. The Morgan fingerprint density at radius 3 is 2.41 bits per heavy atom. The van der Waals surface area contributed by atoms with E-state index in [9.17, 15) is 9.59 Å². The van der Waals surface area contributed by atoms with Crippen LogP contribution in [-0.4, -0.2) is 42.4 Å². The van der Waals surface area contributed by atoms with E-state index in [0.717, 1.165) is 21.8 Å². The molecular weight excluding hydrogens is 440 g/mol. The van der Waals surface area contributed by atoms with Gasteiger partial charge in [0.25, 0.3) is 0 Å².